The molecule has 0 heterocycles. The van der Waals surface area contributed by atoms with Gasteiger partial charge in [0, 0.05) is 6.04 Å². The first-order chi connectivity index (χ1) is 10.1. The highest BCUT2D eigenvalue weighted by Crippen LogP contribution is 2.15. The average Bonchev–Trinajstić information content (AvgIpc) is 2.44. The van der Waals surface area contributed by atoms with E-state index in [1.807, 2.05) is 0 Å². The Morgan fingerprint density at radius 3 is 2.29 bits per heavy atom. The summed E-state index contributed by atoms with van der Waals surface area (Å²) < 4.78 is 0. The Bertz CT molecular complexity index is 570. The van der Waals surface area contributed by atoms with Crippen LogP contribution in [0.15, 0.2) is 42.5 Å². The zero-order valence-corrected chi connectivity index (χ0v) is 13.3. The summed E-state index contributed by atoms with van der Waals surface area (Å²) in [7, 11) is 0. The van der Waals surface area contributed by atoms with Crippen molar-refractivity contribution in [1.82, 2.24) is 5.43 Å². The molecule has 2 aromatic rings. The molecule has 21 heavy (non-hydrogen) atoms. The molecule has 1 unspecified atom stereocenters. The summed E-state index contributed by atoms with van der Waals surface area (Å²) in [6.45, 7) is 6.47. The van der Waals surface area contributed by atoms with Crippen molar-refractivity contribution >= 4 is 0 Å². The van der Waals surface area contributed by atoms with E-state index in [1.54, 1.807) is 0 Å². The fraction of sp³-hybridized carbons (Fsp3) is 0.368. The van der Waals surface area contributed by atoms with E-state index in [-0.39, 0.29) is 0 Å². The zero-order valence-electron chi connectivity index (χ0n) is 13.3. The van der Waals surface area contributed by atoms with Crippen molar-refractivity contribution in [2.24, 2.45) is 5.84 Å². The van der Waals surface area contributed by atoms with Crippen molar-refractivity contribution in [3.05, 3.63) is 70.3 Å². The minimum atomic E-state index is 0.311. The molecule has 0 bridgehead atoms. The third-order valence-corrected chi connectivity index (χ3v) is 4.02. The van der Waals surface area contributed by atoms with Gasteiger partial charge in [-0.1, -0.05) is 53.6 Å². The molecule has 2 aromatic carbocycles. The number of hydrogen-bond acceptors (Lipinski definition) is 2. The van der Waals surface area contributed by atoms with Crippen molar-refractivity contribution in [3.63, 3.8) is 0 Å². The number of aryl methyl sites for hydroxylation is 4. The molecule has 2 heteroatoms. The number of hydrazine groups is 1. The highest BCUT2D eigenvalue weighted by atomic mass is 15.2. The molecule has 0 aliphatic heterocycles. The third kappa shape index (κ3) is 4.69. The Kier molecular flexibility index (Phi) is 5.54. The molecule has 0 fully saturated rings. The van der Waals surface area contributed by atoms with Crippen LogP contribution in [-0.4, -0.2) is 6.04 Å². The van der Waals surface area contributed by atoms with Crippen LogP contribution in [0.3, 0.4) is 0 Å². The monoisotopic (exact) mass is 282 g/mol. The Balaban J connectivity index is 1.98. The van der Waals surface area contributed by atoms with Gasteiger partial charge in [0.2, 0.25) is 0 Å². The first-order valence-electron chi connectivity index (χ1n) is 7.66. The van der Waals surface area contributed by atoms with Crippen LogP contribution >= 0.6 is 0 Å². The van der Waals surface area contributed by atoms with E-state index in [4.69, 9.17) is 5.84 Å². The largest absolute Gasteiger partial charge is 0.271 e. The second-order valence-electron chi connectivity index (χ2n) is 6.03. The van der Waals surface area contributed by atoms with E-state index >= 15 is 0 Å². The van der Waals surface area contributed by atoms with E-state index in [1.165, 1.54) is 27.8 Å². The summed E-state index contributed by atoms with van der Waals surface area (Å²) in [5.74, 6) is 5.75. The fourth-order valence-corrected chi connectivity index (χ4v) is 2.94. The molecule has 0 spiro atoms. The molecule has 0 saturated carbocycles. The van der Waals surface area contributed by atoms with Gasteiger partial charge in [0.1, 0.15) is 0 Å². The zero-order chi connectivity index (χ0) is 15.2. The highest BCUT2D eigenvalue weighted by Gasteiger charge is 2.09. The Morgan fingerprint density at radius 2 is 1.67 bits per heavy atom. The van der Waals surface area contributed by atoms with Gasteiger partial charge in [-0.25, -0.2) is 0 Å². The van der Waals surface area contributed by atoms with Crippen LogP contribution in [0.2, 0.25) is 0 Å². The van der Waals surface area contributed by atoms with Crippen LogP contribution in [0, 0.1) is 20.8 Å². The van der Waals surface area contributed by atoms with Crippen molar-refractivity contribution in [1.29, 1.82) is 0 Å². The summed E-state index contributed by atoms with van der Waals surface area (Å²) >= 11 is 0. The lowest BCUT2D eigenvalue weighted by Gasteiger charge is -2.17. The molecule has 112 valence electrons. The lowest BCUT2D eigenvalue weighted by molar-refractivity contribution is 0.491. The molecule has 1 atom stereocenters. The molecule has 0 aromatic heterocycles. The Morgan fingerprint density at radius 1 is 1.00 bits per heavy atom. The molecular weight excluding hydrogens is 256 g/mol. The third-order valence-electron chi connectivity index (χ3n) is 4.02. The minimum Gasteiger partial charge on any atom is -0.271 e. The summed E-state index contributed by atoms with van der Waals surface area (Å²) in [5.41, 5.74) is 9.75. The van der Waals surface area contributed by atoms with Gasteiger partial charge in [-0.2, -0.15) is 0 Å². The molecular formula is C19H26N2. The maximum absolute atomic E-state index is 5.75. The van der Waals surface area contributed by atoms with Crippen molar-refractivity contribution in [2.45, 2.75) is 46.1 Å². The van der Waals surface area contributed by atoms with Crippen LogP contribution < -0.4 is 11.3 Å². The van der Waals surface area contributed by atoms with E-state index in [0.29, 0.717) is 6.04 Å². The number of nitrogens with two attached hydrogens (primary N) is 1. The standard InChI is InChI=1S/C19H26N2/c1-14-10-15(2)12-17(11-14)13-19(21-20)9-8-18-7-5-4-6-16(18)3/h4-7,10-12,19,21H,8-9,13,20H2,1-3H3. The summed E-state index contributed by atoms with van der Waals surface area (Å²) in [6, 6.07) is 15.6. The van der Waals surface area contributed by atoms with Gasteiger partial charge in [-0.15, -0.1) is 0 Å². The summed E-state index contributed by atoms with van der Waals surface area (Å²) in [4.78, 5) is 0. The average molecular weight is 282 g/mol. The molecule has 2 nitrogen and oxygen atoms in total. The van der Waals surface area contributed by atoms with Gasteiger partial charge in [0.15, 0.2) is 0 Å². The number of rotatable bonds is 6. The molecule has 0 saturated heterocycles. The molecule has 2 rings (SSSR count). The predicted molar refractivity (Wildman–Crippen MR) is 90.2 cm³/mol. The van der Waals surface area contributed by atoms with E-state index in [9.17, 15) is 0 Å². The molecule has 0 amide bonds. The smallest absolute Gasteiger partial charge is 0.0254 e. The van der Waals surface area contributed by atoms with Gasteiger partial charge in [0.05, 0.1) is 0 Å². The highest BCUT2D eigenvalue weighted by molar-refractivity contribution is 5.29. The minimum absolute atomic E-state index is 0.311. The molecule has 0 aliphatic carbocycles. The first-order valence-corrected chi connectivity index (χ1v) is 7.66. The Hall–Kier alpha value is -1.64. The van der Waals surface area contributed by atoms with E-state index in [0.717, 1.165) is 19.3 Å². The fourth-order valence-electron chi connectivity index (χ4n) is 2.94. The van der Waals surface area contributed by atoms with Crippen LogP contribution in [-0.2, 0) is 12.8 Å². The quantitative estimate of drug-likeness (QED) is 0.627. The molecule has 3 N–H and O–H groups in total. The van der Waals surface area contributed by atoms with Crippen LogP contribution in [0.5, 0.6) is 0 Å². The molecule has 0 aliphatic rings. The van der Waals surface area contributed by atoms with Gasteiger partial charge in [-0.05, 0) is 56.7 Å². The van der Waals surface area contributed by atoms with Crippen LogP contribution in [0.1, 0.15) is 34.2 Å². The first kappa shape index (κ1) is 15.7. The lowest BCUT2D eigenvalue weighted by Crippen LogP contribution is -2.37. The van der Waals surface area contributed by atoms with Crippen molar-refractivity contribution in [3.8, 4) is 0 Å². The summed E-state index contributed by atoms with van der Waals surface area (Å²) in [5, 5.41) is 0. The Labute approximate surface area is 128 Å². The second-order valence-corrected chi connectivity index (χ2v) is 6.03. The van der Waals surface area contributed by atoms with Crippen molar-refractivity contribution < 1.29 is 0 Å². The second kappa shape index (κ2) is 7.39. The lowest BCUT2D eigenvalue weighted by atomic mass is 9.96. The predicted octanol–water partition coefficient (Wildman–Crippen LogP) is 3.62. The van der Waals surface area contributed by atoms with Crippen molar-refractivity contribution in [2.75, 3.05) is 0 Å². The number of hydrogen-bond donors (Lipinski definition) is 2. The maximum Gasteiger partial charge on any atom is 0.0254 e. The van der Waals surface area contributed by atoms with Gasteiger partial charge >= 0.3 is 0 Å². The number of nitrogens with one attached hydrogen (secondary N) is 1. The van der Waals surface area contributed by atoms with Crippen LogP contribution in [0.4, 0.5) is 0 Å². The van der Waals surface area contributed by atoms with Gasteiger partial charge in [0.25, 0.3) is 0 Å². The maximum atomic E-state index is 5.75. The normalized spacial score (nSPS) is 12.4. The van der Waals surface area contributed by atoms with E-state index < -0.39 is 0 Å². The van der Waals surface area contributed by atoms with Gasteiger partial charge < -0.3 is 0 Å². The molecule has 0 radical (unpaired) electrons. The SMILES string of the molecule is Cc1cc(C)cc(CC(CCc2ccccc2C)NN)c1. The number of benzene rings is 2. The topological polar surface area (TPSA) is 38.0 Å². The summed E-state index contributed by atoms with van der Waals surface area (Å²) in [6.07, 6.45) is 3.09. The van der Waals surface area contributed by atoms with Crippen LogP contribution in [0.25, 0.3) is 0 Å². The van der Waals surface area contributed by atoms with Gasteiger partial charge in [-0.3, -0.25) is 11.3 Å². The van der Waals surface area contributed by atoms with E-state index in [2.05, 4.69) is 68.7 Å².